The van der Waals surface area contributed by atoms with Crippen LogP contribution in [0.1, 0.15) is 82.3 Å². The van der Waals surface area contributed by atoms with Crippen LogP contribution in [0.2, 0.25) is 0 Å². The standard InChI is InChI=1S/C46H71N13O9/c1-29-39(62)55-35(22-20-30-13-4-2-5-14-30)40(63)52-27-38(61)54-32(17-8-10-24-47)42(65)57-34(19-12-26-51-46(49)50)43(66)56-33(18-9-11-25-48)44(67)59-37(28-60)45(68)58-36(41(64)53-29)23-21-31-15-6-3-7-16-31/h2-7,13-16,29,32-37,60H,8-12,17-28,47-48H2,1H3,(H,52,63)(H,53,64)(H,54,61)(H,55,62)(H,56,66)(H,57,65)(H,58,68)(H,59,67)(H4,49,50,51)/t29-,32-,33-,34-,35+,36-,37-/m0/s1. The highest BCUT2D eigenvalue weighted by Gasteiger charge is 2.34. The van der Waals surface area contributed by atoms with E-state index in [1.165, 1.54) is 6.92 Å². The monoisotopic (exact) mass is 950 g/mol. The fourth-order valence-electron chi connectivity index (χ4n) is 7.24. The molecular weight excluding hydrogens is 879 g/mol. The quantitative estimate of drug-likeness (QED) is 0.0383. The summed E-state index contributed by atoms with van der Waals surface area (Å²) in [6.45, 7) is 0.558. The maximum Gasteiger partial charge on any atom is 0.245 e. The van der Waals surface area contributed by atoms with E-state index in [0.717, 1.165) is 11.1 Å². The van der Waals surface area contributed by atoms with Crippen LogP contribution in [0.4, 0.5) is 0 Å². The molecule has 1 heterocycles. The third-order valence-electron chi connectivity index (χ3n) is 11.1. The summed E-state index contributed by atoms with van der Waals surface area (Å²) in [5.74, 6) is -6.48. The lowest BCUT2D eigenvalue weighted by atomic mass is 10.0. The summed E-state index contributed by atoms with van der Waals surface area (Å²) >= 11 is 0. The molecule has 1 aliphatic heterocycles. The number of carbonyl (C=O) groups is 8. The molecule has 0 aromatic heterocycles. The molecule has 1 fully saturated rings. The number of nitrogens with one attached hydrogen (secondary N) is 8. The maximum atomic E-state index is 14.1. The zero-order chi connectivity index (χ0) is 49.8. The Morgan fingerprint density at radius 2 is 0.912 bits per heavy atom. The number of aliphatic imine (C=N–C) groups is 1. The zero-order valence-electron chi connectivity index (χ0n) is 38.8. The molecule has 17 N–H and O–H groups in total. The largest absolute Gasteiger partial charge is 0.394 e. The summed E-state index contributed by atoms with van der Waals surface area (Å²) in [5.41, 5.74) is 24.1. The Balaban J connectivity index is 2.05. The van der Waals surface area contributed by atoms with E-state index in [1.807, 2.05) is 60.7 Å². The Bertz CT molecular complexity index is 1970. The molecule has 68 heavy (non-hydrogen) atoms. The predicted octanol–water partition coefficient (Wildman–Crippen LogP) is -2.90. The molecule has 374 valence electrons. The van der Waals surface area contributed by atoms with Gasteiger partial charge in [0.25, 0.3) is 0 Å². The van der Waals surface area contributed by atoms with Gasteiger partial charge in [0.15, 0.2) is 5.96 Å². The van der Waals surface area contributed by atoms with E-state index >= 15 is 0 Å². The van der Waals surface area contributed by atoms with Gasteiger partial charge < -0.3 is 70.6 Å². The van der Waals surface area contributed by atoms with Crippen molar-refractivity contribution in [3.05, 3.63) is 71.8 Å². The van der Waals surface area contributed by atoms with Gasteiger partial charge in [0.2, 0.25) is 47.3 Å². The van der Waals surface area contributed by atoms with Gasteiger partial charge in [0, 0.05) is 6.54 Å². The number of nitrogens with zero attached hydrogens (tertiary/aromatic N) is 1. The first-order valence-electron chi connectivity index (χ1n) is 23.2. The van der Waals surface area contributed by atoms with Gasteiger partial charge in [-0.3, -0.25) is 43.3 Å². The Morgan fingerprint density at radius 1 is 0.515 bits per heavy atom. The highest BCUT2D eigenvalue weighted by molar-refractivity contribution is 5.98. The number of carbonyl (C=O) groups excluding carboxylic acids is 8. The van der Waals surface area contributed by atoms with Crippen LogP contribution in [0.15, 0.2) is 65.7 Å². The van der Waals surface area contributed by atoms with E-state index in [2.05, 4.69) is 47.5 Å². The molecule has 0 unspecified atom stereocenters. The van der Waals surface area contributed by atoms with E-state index in [-0.39, 0.29) is 57.6 Å². The molecule has 1 aliphatic rings. The number of hydrogen-bond donors (Lipinski definition) is 13. The van der Waals surface area contributed by atoms with Crippen molar-refractivity contribution < 1.29 is 43.5 Å². The molecule has 0 aliphatic carbocycles. The number of unbranched alkanes of at least 4 members (excludes halogenated alkanes) is 2. The number of hydrogen-bond acceptors (Lipinski definition) is 12. The van der Waals surface area contributed by atoms with Crippen LogP contribution in [0, 0.1) is 0 Å². The van der Waals surface area contributed by atoms with Gasteiger partial charge in [-0.15, -0.1) is 0 Å². The number of amides is 8. The molecule has 3 rings (SSSR count). The van der Waals surface area contributed by atoms with Crippen molar-refractivity contribution in [2.75, 3.05) is 32.8 Å². The van der Waals surface area contributed by atoms with Crippen molar-refractivity contribution in [3.8, 4) is 0 Å². The van der Waals surface area contributed by atoms with E-state index in [4.69, 9.17) is 22.9 Å². The summed E-state index contributed by atoms with van der Waals surface area (Å²) in [4.78, 5) is 115. The molecule has 22 heteroatoms. The van der Waals surface area contributed by atoms with Crippen molar-refractivity contribution in [2.24, 2.45) is 27.9 Å². The van der Waals surface area contributed by atoms with E-state index in [1.54, 1.807) is 0 Å². The average molecular weight is 950 g/mol. The summed E-state index contributed by atoms with van der Waals surface area (Å²) < 4.78 is 0. The number of aliphatic hydroxyl groups excluding tert-OH is 1. The molecule has 8 amide bonds. The number of aliphatic hydroxyl groups is 1. The van der Waals surface area contributed by atoms with Crippen molar-refractivity contribution >= 4 is 53.2 Å². The number of guanidine groups is 1. The molecule has 0 saturated carbocycles. The fourth-order valence-corrected chi connectivity index (χ4v) is 7.24. The van der Waals surface area contributed by atoms with Crippen molar-refractivity contribution in [3.63, 3.8) is 0 Å². The summed E-state index contributed by atoms with van der Waals surface area (Å²) in [5, 5.41) is 31.3. The fraction of sp³-hybridized carbons (Fsp3) is 0.543. The van der Waals surface area contributed by atoms with Crippen LogP contribution < -0.4 is 65.5 Å². The third kappa shape index (κ3) is 20.5. The van der Waals surface area contributed by atoms with Gasteiger partial charge in [0.1, 0.15) is 42.3 Å². The number of benzene rings is 2. The Hall–Kier alpha value is -6.65. The molecule has 2 aromatic carbocycles. The minimum atomic E-state index is -1.61. The molecule has 2 aromatic rings. The molecule has 7 atom stereocenters. The van der Waals surface area contributed by atoms with E-state index < -0.39 is 103 Å². The summed E-state index contributed by atoms with van der Waals surface area (Å²) in [7, 11) is 0. The lowest BCUT2D eigenvalue weighted by Gasteiger charge is -2.27. The molecule has 22 nitrogen and oxygen atoms in total. The predicted molar refractivity (Wildman–Crippen MR) is 255 cm³/mol. The highest BCUT2D eigenvalue weighted by Crippen LogP contribution is 2.11. The number of rotatable bonds is 19. The lowest BCUT2D eigenvalue weighted by Crippen LogP contribution is -2.61. The van der Waals surface area contributed by atoms with Crippen LogP contribution >= 0.6 is 0 Å². The van der Waals surface area contributed by atoms with Crippen molar-refractivity contribution in [1.82, 2.24) is 42.5 Å². The van der Waals surface area contributed by atoms with Gasteiger partial charge in [-0.05, 0) is 108 Å². The van der Waals surface area contributed by atoms with Gasteiger partial charge in [-0.2, -0.15) is 0 Å². The molecule has 0 spiro atoms. The van der Waals surface area contributed by atoms with Crippen LogP contribution in [-0.4, -0.2) is 133 Å². The van der Waals surface area contributed by atoms with Crippen LogP contribution in [0.3, 0.4) is 0 Å². The highest BCUT2D eigenvalue weighted by atomic mass is 16.3. The second-order valence-corrected chi connectivity index (χ2v) is 16.6. The Morgan fingerprint density at radius 3 is 1.38 bits per heavy atom. The molecular formula is C46H71N13O9. The second-order valence-electron chi connectivity index (χ2n) is 16.6. The zero-order valence-corrected chi connectivity index (χ0v) is 38.8. The number of aryl methyl sites for hydroxylation is 2. The smallest absolute Gasteiger partial charge is 0.245 e. The average Bonchev–Trinajstić information content (AvgIpc) is 3.32. The normalized spacial score (nSPS) is 23.0. The third-order valence-corrected chi connectivity index (χ3v) is 11.1. The minimum absolute atomic E-state index is 0.0200. The van der Waals surface area contributed by atoms with Gasteiger partial charge in [0.05, 0.1) is 13.2 Å². The van der Waals surface area contributed by atoms with Gasteiger partial charge in [-0.25, -0.2) is 0 Å². The first-order valence-corrected chi connectivity index (χ1v) is 23.2. The SMILES string of the molecule is C[C@@H]1NC(=O)[C@H](CCc2ccccc2)NC(=O)[C@H](CO)NC(=O)[C@H](CCCCN)NC(=O)[C@H](CCCN=C(N)N)NC(=O)[C@H](CCCCN)NC(=O)CNC(=O)[C@@H](CCc2ccccc2)NC1=O. The van der Waals surface area contributed by atoms with Crippen LogP contribution in [0.25, 0.3) is 0 Å². The van der Waals surface area contributed by atoms with E-state index in [9.17, 15) is 43.5 Å². The maximum absolute atomic E-state index is 14.1. The molecule has 0 bridgehead atoms. The van der Waals surface area contributed by atoms with Gasteiger partial charge >= 0.3 is 0 Å². The van der Waals surface area contributed by atoms with Crippen LogP contribution in [0.5, 0.6) is 0 Å². The van der Waals surface area contributed by atoms with Crippen LogP contribution in [-0.2, 0) is 51.2 Å². The summed E-state index contributed by atoms with van der Waals surface area (Å²) in [6, 6.07) is 9.16. The minimum Gasteiger partial charge on any atom is -0.394 e. The van der Waals surface area contributed by atoms with Crippen molar-refractivity contribution in [2.45, 2.75) is 126 Å². The Kier molecular flexibility index (Phi) is 25.1. The first-order chi connectivity index (χ1) is 32.6. The van der Waals surface area contributed by atoms with Crippen molar-refractivity contribution in [1.29, 1.82) is 0 Å². The first kappa shape index (κ1) is 55.7. The topological polar surface area (TPSA) is 369 Å². The van der Waals surface area contributed by atoms with Gasteiger partial charge in [-0.1, -0.05) is 60.7 Å². The summed E-state index contributed by atoms with van der Waals surface area (Å²) in [6.07, 6.45) is 2.84. The molecule has 1 saturated heterocycles. The number of nitrogens with two attached hydrogens (primary N) is 4. The van der Waals surface area contributed by atoms with E-state index in [0.29, 0.717) is 45.1 Å². The molecule has 0 radical (unpaired) electrons. The second kappa shape index (κ2) is 30.6. The lowest BCUT2D eigenvalue weighted by molar-refractivity contribution is -0.136. The Labute approximate surface area is 397 Å².